The van der Waals surface area contributed by atoms with Gasteiger partial charge < -0.3 is 9.80 Å². The second-order valence-corrected chi connectivity index (χ2v) is 5.34. The van der Waals surface area contributed by atoms with Gasteiger partial charge in [-0.1, -0.05) is 0 Å². The van der Waals surface area contributed by atoms with E-state index in [1.165, 1.54) is 0 Å². The Morgan fingerprint density at radius 1 is 1.28 bits per heavy atom. The van der Waals surface area contributed by atoms with Crippen LogP contribution in [0.25, 0.3) is 10.2 Å². The molecular formula is C11H16N6S. The van der Waals surface area contributed by atoms with Gasteiger partial charge in [-0.25, -0.2) is 10.8 Å². The van der Waals surface area contributed by atoms with Crippen LogP contribution in [0.1, 0.15) is 0 Å². The van der Waals surface area contributed by atoms with Crippen molar-refractivity contribution in [2.24, 2.45) is 5.84 Å². The number of likely N-dealkylation sites (N-methyl/N-ethyl adjacent to an activating group) is 1. The molecule has 7 heteroatoms. The molecule has 0 spiro atoms. The van der Waals surface area contributed by atoms with E-state index in [0.29, 0.717) is 5.95 Å². The monoisotopic (exact) mass is 264 g/mol. The number of nitrogens with zero attached hydrogens (tertiary/aromatic N) is 4. The number of hydrogen-bond acceptors (Lipinski definition) is 7. The average molecular weight is 264 g/mol. The van der Waals surface area contributed by atoms with Gasteiger partial charge in [0.15, 0.2) is 0 Å². The summed E-state index contributed by atoms with van der Waals surface area (Å²) in [4.78, 5) is 14.5. The largest absolute Gasteiger partial charge is 0.353 e. The molecule has 1 saturated heterocycles. The highest BCUT2D eigenvalue weighted by atomic mass is 32.1. The summed E-state index contributed by atoms with van der Waals surface area (Å²) in [6.45, 7) is 4.09. The molecule has 0 atom stereocenters. The van der Waals surface area contributed by atoms with Crippen molar-refractivity contribution in [2.75, 3.05) is 43.6 Å². The van der Waals surface area contributed by atoms with Gasteiger partial charge in [-0.3, -0.25) is 5.43 Å². The van der Waals surface area contributed by atoms with E-state index in [-0.39, 0.29) is 0 Å². The van der Waals surface area contributed by atoms with E-state index in [9.17, 15) is 0 Å². The number of hydrogen-bond donors (Lipinski definition) is 2. The molecule has 0 amide bonds. The highest BCUT2D eigenvalue weighted by Gasteiger charge is 2.19. The summed E-state index contributed by atoms with van der Waals surface area (Å²) in [7, 11) is 2.14. The number of nitrogen functional groups attached to an aromatic ring is 1. The lowest BCUT2D eigenvalue weighted by Crippen LogP contribution is -2.45. The van der Waals surface area contributed by atoms with Crippen molar-refractivity contribution >= 4 is 33.3 Å². The Kier molecular flexibility index (Phi) is 3.02. The van der Waals surface area contributed by atoms with E-state index < -0.39 is 0 Å². The van der Waals surface area contributed by atoms with Crippen LogP contribution in [0.15, 0.2) is 11.4 Å². The van der Waals surface area contributed by atoms with Crippen LogP contribution in [0.2, 0.25) is 0 Å². The molecular weight excluding hydrogens is 248 g/mol. The Morgan fingerprint density at radius 3 is 2.78 bits per heavy atom. The fraction of sp³-hybridized carbons (Fsp3) is 0.455. The van der Waals surface area contributed by atoms with E-state index in [0.717, 1.165) is 42.2 Å². The van der Waals surface area contributed by atoms with Gasteiger partial charge in [0, 0.05) is 26.2 Å². The Labute approximate surface area is 109 Å². The molecule has 0 bridgehead atoms. The lowest BCUT2D eigenvalue weighted by Gasteiger charge is -2.33. The molecule has 1 aliphatic rings. The minimum atomic E-state index is 0.485. The maximum absolute atomic E-state index is 5.43. The van der Waals surface area contributed by atoms with Crippen molar-refractivity contribution in [2.45, 2.75) is 0 Å². The number of piperazine rings is 1. The number of anilines is 2. The molecule has 3 N–H and O–H groups in total. The van der Waals surface area contributed by atoms with Crippen molar-refractivity contribution in [3.05, 3.63) is 11.4 Å². The number of rotatable bonds is 2. The summed E-state index contributed by atoms with van der Waals surface area (Å²) < 4.78 is 0. The molecule has 1 fully saturated rings. The number of fused-ring (bicyclic) bond motifs is 1. The Hall–Kier alpha value is -1.44. The zero-order valence-electron chi connectivity index (χ0n) is 10.3. The summed E-state index contributed by atoms with van der Waals surface area (Å²) in [5.41, 5.74) is 2.54. The first-order valence-electron chi connectivity index (χ1n) is 5.93. The maximum atomic E-state index is 5.43. The summed E-state index contributed by atoms with van der Waals surface area (Å²) in [6, 6.07) is 2.08. The van der Waals surface area contributed by atoms with Gasteiger partial charge in [0.05, 0.1) is 5.39 Å². The minimum absolute atomic E-state index is 0.485. The van der Waals surface area contributed by atoms with Crippen LogP contribution in [-0.4, -0.2) is 48.1 Å². The first-order chi connectivity index (χ1) is 8.78. The molecule has 0 unspecified atom stereocenters. The van der Waals surface area contributed by atoms with Crippen LogP contribution in [0, 0.1) is 0 Å². The number of hydrazine groups is 1. The van der Waals surface area contributed by atoms with Gasteiger partial charge in [0.2, 0.25) is 5.95 Å². The summed E-state index contributed by atoms with van der Waals surface area (Å²) in [5.74, 6) is 6.91. The molecule has 6 nitrogen and oxygen atoms in total. The predicted molar refractivity (Wildman–Crippen MR) is 74.9 cm³/mol. The van der Waals surface area contributed by atoms with E-state index in [1.807, 2.05) is 5.38 Å². The molecule has 96 valence electrons. The number of nitrogens with one attached hydrogen (secondary N) is 1. The number of aromatic nitrogens is 2. The van der Waals surface area contributed by atoms with Crippen LogP contribution in [-0.2, 0) is 0 Å². The highest BCUT2D eigenvalue weighted by Crippen LogP contribution is 2.29. The van der Waals surface area contributed by atoms with Crippen molar-refractivity contribution in [3.63, 3.8) is 0 Å². The Balaban J connectivity index is 2.01. The molecule has 0 saturated carbocycles. The van der Waals surface area contributed by atoms with Gasteiger partial charge in [-0.15, -0.1) is 11.3 Å². The van der Waals surface area contributed by atoms with E-state index >= 15 is 0 Å². The summed E-state index contributed by atoms with van der Waals surface area (Å²) in [6.07, 6.45) is 0. The maximum Gasteiger partial charge on any atom is 0.240 e. The van der Waals surface area contributed by atoms with Crippen molar-refractivity contribution in [1.82, 2.24) is 14.9 Å². The standard InChI is InChI=1S/C11H16N6S/c1-16-3-5-17(6-4-16)9-8-2-7-18-10(8)14-11(13-9)15-12/h2,7H,3-6,12H2,1H3,(H,13,14,15). The van der Waals surface area contributed by atoms with Crippen LogP contribution in [0.5, 0.6) is 0 Å². The van der Waals surface area contributed by atoms with E-state index in [2.05, 4.69) is 38.3 Å². The van der Waals surface area contributed by atoms with Crippen LogP contribution < -0.4 is 16.2 Å². The average Bonchev–Trinajstić information content (AvgIpc) is 2.86. The zero-order chi connectivity index (χ0) is 12.5. The molecule has 2 aromatic heterocycles. The predicted octanol–water partition coefficient (Wildman–Crippen LogP) is 0.729. The number of thiophene rings is 1. The third-order valence-electron chi connectivity index (χ3n) is 3.24. The first kappa shape index (κ1) is 11.6. The lowest BCUT2D eigenvalue weighted by molar-refractivity contribution is 0.312. The van der Waals surface area contributed by atoms with Gasteiger partial charge in [0.1, 0.15) is 10.6 Å². The van der Waals surface area contributed by atoms with Gasteiger partial charge in [0.25, 0.3) is 0 Å². The summed E-state index contributed by atoms with van der Waals surface area (Å²) in [5, 5.41) is 3.16. The molecule has 0 aliphatic carbocycles. The third kappa shape index (κ3) is 2.00. The molecule has 0 radical (unpaired) electrons. The normalized spacial score (nSPS) is 17.3. The Morgan fingerprint density at radius 2 is 2.06 bits per heavy atom. The molecule has 3 rings (SSSR count). The van der Waals surface area contributed by atoms with Gasteiger partial charge >= 0.3 is 0 Å². The van der Waals surface area contributed by atoms with Gasteiger partial charge in [-0.05, 0) is 18.5 Å². The van der Waals surface area contributed by atoms with Crippen molar-refractivity contribution in [3.8, 4) is 0 Å². The van der Waals surface area contributed by atoms with Crippen molar-refractivity contribution in [1.29, 1.82) is 0 Å². The quantitative estimate of drug-likeness (QED) is 0.615. The Bertz CT molecular complexity index is 545. The molecule has 3 heterocycles. The molecule has 1 aliphatic heterocycles. The SMILES string of the molecule is CN1CCN(c2nc(NN)nc3sccc23)CC1. The lowest BCUT2D eigenvalue weighted by atomic mass is 10.3. The molecule has 18 heavy (non-hydrogen) atoms. The van der Waals surface area contributed by atoms with Crippen LogP contribution in [0.4, 0.5) is 11.8 Å². The van der Waals surface area contributed by atoms with E-state index in [4.69, 9.17) is 5.84 Å². The number of nitrogens with two attached hydrogens (primary N) is 1. The second kappa shape index (κ2) is 4.68. The third-order valence-corrected chi connectivity index (χ3v) is 4.04. The fourth-order valence-corrected chi connectivity index (χ4v) is 2.92. The molecule has 2 aromatic rings. The second-order valence-electron chi connectivity index (χ2n) is 4.44. The zero-order valence-corrected chi connectivity index (χ0v) is 11.1. The van der Waals surface area contributed by atoms with E-state index in [1.54, 1.807) is 11.3 Å². The van der Waals surface area contributed by atoms with Gasteiger partial charge in [-0.2, -0.15) is 4.98 Å². The van der Waals surface area contributed by atoms with Crippen molar-refractivity contribution < 1.29 is 0 Å². The smallest absolute Gasteiger partial charge is 0.240 e. The van der Waals surface area contributed by atoms with Crippen LogP contribution in [0.3, 0.4) is 0 Å². The highest BCUT2D eigenvalue weighted by molar-refractivity contribution is 7.16. The fourth-order valence-electron chi connectivity index (χ4n) is 2.16. The van der Waals surface area contributed by atoms with Crippen LogP contribution >= 0.6 is 11.3 Å². The molecule has 0 aromatic carbocycles. The topological polar surface area (TPSA) is 70.3 Å². The minimum Gasteiger partial charge on any atom is -0.353 e. The first-order valence-corrected chi connectivity index (χ1v) is 6.81. The summed E-state index contributed by atoms with van der Waals surface area (Å²) >= 11 is 1.61.